The Morgan fingerprint density at radius 2 is 2.46 bits per heavy atom. The van der Waals surface area contributed by atoms with Crippen LogP contribution >= 0.6 is 0 Å². The van der Waals surface area contributed by atoms with Crippen molar-refractivity contribution in [2.45, 2.75) is 13.1 Å². The van der Waals surface area contributed by atoms with E-state index >= 15 is 0 Å². The van der Waals surface area contributed by atoms with E-state index in [-0.39, 0.29) is 5.76 Å². The summed E-state index contributed by atoms with van der Waals surface area (Å²) in [6.07, 6.45) is 4.85. The van der Waals surface area contributed by atoms with E-state index in [4.69, 9.17) is 10.2 Å². The van der Waals surface area contributed by atoms with Gasteiger partial charge in [-0.25, -0.2) is 4.39 Å². The fourth-order valence-electron chi connectivity index (χ4n) is 0.947. The smallest absolute Gasteiger partial charge is 0.178 e. The molecule has 1 heterocycles. The van der Waals surface area contributed by atoms with Crippen molar-refractivity contribution in [3.8, 4) is 0 Å². The van der Waals surface area contributed by atoms with Crippen LogP contribution in [0, 0.1) is 0 Å². The molecular weight excluding hydrogens is 169 g/mol. The molecule has 0 aliphatic carbocycles. The maximum atomic E-state index is 13.3. The summed E-state index contributed by atoms with van der Waals surface area (Å²) in [6, 6.07) is 3.21. The molecule has 0 saturated heterocycles. The summed E-state index contributed by atoms with van der Waals surface area (Å²) in [4.78, 5) is 0. The van der Waals surface area contributed by atoms with E-state index in [2.05, 4.69) is 0 Å². The minimum Gasteiger partial charge on any atom is -0.466 e. The molecular formula is C10H12FNO. The topological polar surface area (TPSA) is 39.2 Å². The molecule has 0 aliphatic rings. The first-order valence-electron chi connectivity index (χ1n) is 4.01. The maximum absolute atomic E-state index is 13.3. The van der Waals surface area contributed by atoms with Gasteiger partial charge in [-0.05, 0) is 31.2 Å². The van der Waals surface area contributed by atoms with Gasteiger partial charge in [0.05, 0.1) is 6.26 Å². The van der Waals surface area contributed by atoms with E-state index in [1.165, 1.54) is 12.3 Å². The van der Waals surface area contributed by atoms with Crippen LogP contribution in [0.15, 0.2) is 46.7 Å². The van der Waals surface area contributed by atoms with Gasteiger partial charge < -0.3 is 10.2 Å². The molecule has 0 aromatic carbocycles. The summed E-state index contributed by atoms with van der Waals surface area (Å²) in [7, 11) is 0. The summed E-state index contributed by atoms with van der Waals surface area (Å²) in [5.41, 5.74) is 5.88. The van der Waals surface area contributed by atoms with Crippen LogP contribution in [-0.2, 0) is 0 Å². The lowest BCUT2D eigenvalue weighted by Gasteiger charge is -1.98. The number of nitrogens with two attached hydrogens (primary N) is 1. The van der Waals surface area contributed by atoms with Crippen molar-refractivity contribution < 1.29 is 8.81 Å². The first-order valence-corrected chi connectivity index (χ1v) is 4.01. The predicted molar refractivity (Wildman–Crippen MR) is 49.6 cm³/mol. The molecule has 0 amide bonds. The van der Waals surface area contributed by atoms with Gasteiger partial charge in [-0.2, -0.15) is 0 Å². The quantitative estimate of drug-likeness (QED) is 0.728. The predicted octanol–water partition coefficient (Wildman–Crippen LogP) is 2.71. The van der Waals surface area contributed by atoms with Gasteiger partial charge in [0, 0.05) is 5.70 Å². The Kier molecular flexibility index (Phi) is 3.31. The average molecular weight is 181 g/mol. The van der Waals surface area contributed by atoms with Gasteiger partial charge in [0.1, 0.15) is 5.76 Å². The van der Waals surface area contributed by atoms with Crippen LogP contribution in [0.1, 0.15) is 18.9 Å². The van der Waals surface area contributed by atoms with Crippen molar-refractivity contribution in [3.05, 3.63) is 48.1 Å². The number of furan rings is 1. The highest BCUT2D eigenvalue weighted by Crippen LogP contribution is 2.19. The van der Waals surface area contributed by atoms with Crippen LogP contribution in [0.2, 0.25) is 0 Å². The zero-order valence-electron chi connectivity index (χ0n) is 7.41. The first kappa shape index (κ1) is 9.58. The van der Waals surface area contributed by atoms with E-state index in [0.717, 1.165) is 0 Å². The van der Waals surface area contributed by atoms with Gasteiger partial charge in [0.2, 0.25) is 0 Å². The highest BCUT2D eigenvalue weighted by atomic mass is 19.1. The molecule has 1 rings (SSSR count). The lowest BCUT2D eigenvalue weighted by atomic mass is 10.2. The van der Waals surface area contributed by atoms with Crippen molar-refractivity contribution in [1.29, 1.82) is 0 Å². The second kappa shape index (κ2) is 4.50. The van der Waals surface area contributed by atoms with Crippen LogP contribution in [0.4, 0.5) is 4.39 Å². The van der Waals surface area contributed by atoms with Gasteiger partial charge in [0.15, 0.2) is 6.17 Å². The molecule has 2 nitrogen and oxygen atoms in total. The zero-order chi connectivity index (χ0) is 9.68. The van der Waals surface area contributed by atoms with Crippen LogP contribution in [0.3, 0.4) is 0 Å². The van der Waals surface area contributed by atoms with Crippen LogP contribution < -0.4 is 5.73 Å². The lowest BCUT2D eigenvalue weighted by Crippen LogP contribution is -1.95. The lowest BCUT2D eigenvalue weighted by molar-refractivity contribution is 0.340. The van der Waals surface area contributed by atoms with Crippen LogP contribution in [0.5, 0.6) is 0 Å². The number of alkyl halides is 1. The molecule has 13 heavy (non-hydrogen) atoms. The summed E-state index contributed by atoms with van der Waals surface area (Å²) in [5, 5.41) is 0. The Labute approximate surface area is 76.5 Å². The van der Waals surface area contributed by atoms with Gasteiger partial charge >= 0.3 is 0 Å². The number of hydrogen-bond donors (Lipinski definition) is 1. The number of rotatable bonds is 3. The Morgan fingerprint density at radius 3 is 3.00 bits per heavy atom. The van der Waals surface area contributed by atoms with Crippen LogP contribution in [-0.4, -0.2) is 0 Å². The number of hydrogen-bond acceptors (Lipinski definition) is 2. The average Bonchev–Trinajstić information content (AvgIpc) is 2.55. The van der Waals surface area contributed by atoms with Gasteiger partial charge in [-0.1, -0.05) is 6.08 Å². The molecule has 2 N–H and O–H groups in total. The summed E-state index contributed by atoms with van der Waals surface area (Å²) < 4.78 is 18.1. The van der Waals surface area contributed by atoms with Crippen molar-refractivity contribution in [2.75, 3.05) is 0 Å². The van der Waals surface area contributed by atoms with E-state index in [1.807, 2.05) is 6.92 Å². The first-order chi connectivity index (χ1) is 6.24. The summed E-state index contributed by atoms with van der Waals surface area (Å²) in [6.45, 7) is 1.82. The highest BCUT2D eigenvalue weighted by molar-refractivity contribution is 5.19. The van der Waals surface area contributed by atoms with Crippen molar-refractivity contribution in [2.24, 2.45) is 5.73 Å². The SMILES string of the molecule is C/C=C\C(N)=C/C(F)c1ccco1. The van der Waals surface area contributed by atoms with E-state index in [9.17, 15) is 4.39 Å². The van der Waals surface area contributed by atoms with Gasteiger partial charge in [-0.15, -0.1) is 0 Å². The number of halogens is 1. The second-order valence-corrected chi connectivity index (χ2v) is 2.58. The third-order valence-electron chi connectivity index (χ3n) is 1.51. The summed E-state index contributed by atoms with van der Waals surface area (Å²) >= 11 is 0. The van der Waals surface area contributed by atoms with Crippen molar-refractivity contribution >= 4 is 0 Å². The van der Waals surface area contributed by atoms with E-state index < -0.39 is 6.17 Å². The summed E-state index contributed by atoms with van der Waals surface area (Å²) in [5.74, 6) is 0.271. The Bertz CT molecular complexity index is 301. The van der Waals surface area contributed by atoms with E-state index in [0.29, 0.717) is 5.70 Å². The zero-order valence-corrected chi connectivity index (χ0v) is 7.41. The molecule has 1 atom stereocenters. The number of allylic oxidation sites excluding steroid dienone is 3. The van der Waals surface area contributed by atoms with Crippen molar-refractivity contribution in [1.82, 2.24) is 0 Å². The molecule has 0 fully saturated rings. The Hall–Kier alpha value is -1.51. The van der Waals surface area contributed by atoms with Gasteiger partial charge in [0.25, 0.3) is 0 Å². The highest BCUT2D eigenvalue weighted by Gasteiger charge is 2.08. The third kappa shape index (κ3) is 2.78. The fourth-order valence-corrected chi connectivity index (χ4v) is 0.947. The minimum absolute atomic E-state index is 0.271. The van der Waals surface area contributed by atoms with Crippen LogP contribution in [0.25, 0.3) is 0 Å². The normalized spacial score (nSPS) is 15.1. The molecule has 1 aromatic rings. The largest absolute Gasteiger partial charge is 0.466 e. The molecule has 1 unspecified atom stereocenters. The molecule has 0 radical (unpaired) electrons. The fraction of sp³-hybridized carbons (Fsp3) is 0.200. The molecule has 1 aromatic heterocycles. The minimum atomic E-state index is -1.27. The standard InChI is InChI=1S/C10H12FNO/c1-2-4-8(12)7-9(11)10-5-3-6-13-10/h2-7,9H,12H2,1H3/b4-2-,8-7+. The third-order valence-corrected chi connectivity index (χ3v) is 1.51. The molecule has 0 spiro atoms. The second-order valence-electron chi connectivity index (χ2n) is 2.58. The molecule has 0 saturated carbocycles. The Morgan fingerprint density at radius 1 is 1.69 bits per heavy atom. The van der Waals surface area contributed by atoms with Gasteiger partial charge in [-0.3, -0.25) is 0 Å². The molecule has 70 valence electrons. The Balaban J connectivity index is 2.69. The molecule has 3 heteroatoms. The monoisotopic (exact) mass is 181 g/mol. The van der Waals surface area contributed by atoms with Crippen molar-refractivity contribution in [3.63, 3.8) is 0 Å². The van der Waals surface area contributed by atoms with E-state index in [1.54, 1.807) is 24.3 Å². The molecule has 0 bridgehead atoms. The maximum Gasteiger partial charge on any atom is 0.178 e. The molecule has 0 aliphatic heterocycles.